The van der Waals surface area contributed by atoms with E-state index in [-0.39, 0.29) is 12.4 Å². The quantitative estimate of drug-likeness (QED) is 0.885. The molecule has 0 aliphatic rings. The molecule has 6 heteroatoms. The number of hydrogen-bond donors (Lipinski definition) is 1. The molecule has 1 heterocycles. The van der Waals surface area contributed by atoms with Gasteiger partial charge in [-0.25, -0.2) is 14.4 Å². The highest BCUT2D eigenvalue weighted by Crippen LogP contribution is 2.28. The standard InChI is InChI=1S/C11H9BrFN3O/c12-7-4-9(14)10(5-8(7)13)17-6-11-15-2-1-3-16-11/h1-5H,6,14H2. The van der Waals surface area contributed by atoms with Gasteiger partial charge in [0, 0.05) is 18.5 Å². The Morgan fingerprint density at radius 3 is 2.71 bits per heavy atom. The number of aromatic nitrogens is 2. The van der Waals surface area contributed by atoms with Gasteiger partial charge in [0.05, 0.1) is 10.2 Å². The molecule has 2 N–H and O–H groups in total. The number of rotatable bonds is 3. The first-order valence-electron chi connectivity index (χ1n) is 4.80. The number of nitrogens with two attached hydrogens (primary N) is 1. The molecule has 4 nitrogen and oxygen atoms in total. The summed E-state index contributed by atoms with van der Waals surface area (Å²) < 4.78 is 18.9. The average Bonchev–Trinajstić information content (AvgIpc) is 2.33. The van der Waals surface area contributed by atoms with Gasteiger partial charge in [0.25, 0.3) is 0 Å². The second-order valence-corrected chi connectivity index (χ2v) is 4.11. The predicted octanol–water partition coefficient (Wildman–Crippen LogP) is 2.54. The van der Waals surface area contributed by atoms with Crippen LogP contribution in [-0.2, 0) is 6.61 Å². The first-order valence-corrected chi connectivity index (χ1v) is 5.59. The fourth-order valence-electron chi connectivity index (χ4n) is 1.22. The summed E-state index contributed by atoms with van der Waals surface area (Å²) in [6.07, 6.45) is 3.22. The second-order valence-electron chi connectivity index (χ2n) is 3.26. The largest absolute Gasteiger partial charge is 0.483 e. The molecule has 0 bridgehead atoms. The van der Waals surface area contributed by atoms with E-state index in [0.29, 0.717) is 16.0 Å². The maximum absolute atomic E-state index is 13.3. The van der Waals surface area contributed by atoms with Gasteiger partial charge in [-0.1, -0.05) is 0 Å². The summed E-state index contributed by atoms with van der Waals surface area (Å²) in [4.78, 5) is 7.97. The summed E-state index contributed by atoms with van der Waals surface area (Å²) in [6, 6.07) is 4.38. The van der Waals surface area contributed by atoms with Crippen molar-refractivity contribution < 1.29 is 9.13 Å². The Labute approximate surface area is 106 Å². The Hall–Kier alpha value is -1.69. The zero-order chi connectivity index (χ0) is 12.3. The van der Waals surface area contributed by atoms with Crippen molar-refractivity contribution in [2.75, 3.05) is 5.73 Å². The molecule has 1 aromatic heterocycles. The minimum atomic E-state index is -0.428. The van der Waals surface area contributed by atoms with Crippen LogP contribution in [-0.4, -0.2) is 9.97 Å². The van der Waals surface area contributed by atoms with Gasteiger partial charge in [-0.3, -0.25) is 0 Å². The molecule has 0 aliphatic heterocycles. The van der Waals surface area contributed by atoms with Gasteiger partial charge in [-0.15, -0.1) is 0 Å². The van der Waals surface area contributed by atoms with Crippen molar-refractivity contribution in [3.8, 4) is 5.75 Å². The van der Waals surface area contributed by atoms with Crippen molar-refractivity contribution in [3.63, 3.8) is 0 Å². The van der Waals surface area contributed by atoms with Crippen molar-refractivity contribution >= 4 is 21.6 Å². The minimum Gasteiger partial charge on any atom is -0.483 e. The number of anilines is 1. The Kier molecular flexibility index (Phi) is 3.53. The van der Waals surface area contributed by atoms with E-state index in [1.165, 1.54) is 12.1 Å². The van der Waals surface area contributed by atoms with E-state index < -0.39 is 5.82 Å². The molecule has 0 saturated carbocycles. The third-order valence-corrected chi connectivity index (χ3v) is 2.64. The molecule has 2 rings (SSSR count). The van der Waals surface area contributed by atoms with Gasteiger partial charge in [0.1, 0.15) is 18.2 Å². The van der Waals surface area contributed by atoms with Crippen LogP contribution >= 0.6 is 15.9 Å². The van der Waals surface area contributed by atoms with E-state index in [0.717, 1.165) is 0 Å². The first kappa shape index (κ1) is 11.8. The van der Waals surface area contributed by atoms with E-state index in [2.05, 4.69) is 25.9 Å². The fourth-order valence-corrected chi connectivity index (χ4v) is 1.58. The van der Waals surface area contributed by atoms with Crippen molar-refractivity contribution in [1.29, 1.82) is 0 Å². The zero-order valence-electron chi connectivity index (χ0n) is 8.73. The molecule has 1 aromatic carbocycles. The van der Waals surface area contributed by atoms with Crippen LogP contribution in [0.4, 0.5) is 10.1 Å². The van der Waals surface area contributed by atoms with Crippen LogP contribution in [0, 0.1) is 5.82 Å². The van der Waals surface area contributed by atoms with Crippen LogP contribution in [0.25, 0.3) is 0 Å². The van der Waals surface area contributed by atoms with Crippen LogP contribution in [0.1, 0.15) is 5.82 Å². The van der Waals surface area contributed by atoms with Gasteiger partial charge >= 0.3 is 0 Å². The molecule has 0 amide bonds. The first-order chi connectivity index (χ1) is 8.16. The molecule has 0 atom stereocenters. The molecule has 0 fully saturated rings. The number of nitrogen functional groups attached to an aromatic ring is 1. The van der Waals surface area contributed by atoms with Gasteiger partial charge in [0.2, 0.25) is 0 Å². The lowest BCUT2D eigenvalue weighted by Crippen LogP contribution is -2.03. The summed E-state index contributed by atoms with van der Waals surface area (Å²) >= 11 is 3.04. The summed E-state index contributed by atoms with van der Waals surface area (Å²) in [6.45, 7) is 0.145. The third kappa shape index (κ3) is 2.91. The van der Waals surface area contributed by atoms with Gasteiger partial charge < -0.3 is 10.5 Å². The highest BCUT2D eigenvalue weighted by Gasteiger charge is 2.07. The Bertz CT molecular complexity index is 522. The van der Waals surface area contributed by atoms with Crippen LogP contribution in [0.2, 0.25) is 0 Å². The average molecular weight is 298 g/mol. The van der Waals surface area contributed by atoms with E-state index >= 15 is 0 Å². The minimum absolute atomic E-state index is 0.145. The van der Waals surface area contributed by atoms with Crippen molar-refractivity contribution in [3.05, 3.63) is 46.7 Å². The summed E-state index contributed by atoms with van der Waals surface area (Å²) in [7, 11) is 0. The van der Waals surface area contributed by atoms with Crippen molar-refractivity contribution in [1.82, 2.24) is 9.97 Å². The molecule has 88 valence electrons. The zero-order valence-corrected chi connectivity index (χ0v) is 10.3. The molecule has 17 heavy (non-hydrogen) atoms. The van der Waals surface area contributed by atoms with Gasteiger partial charge in [-0.2, -0.15) is 0 Å². The van der Waals surface area contributed by atoms with Gasteiger partial charge in [-0.05, 0) is 28.1 Å². The highest BCUT2D eigenvalue weighted by atomic mass is 79.9. The SMILES string of the molecule is Nc1cc(Br)c(F)cc1OCc1ncccn1. The number of ether oxygens (including phenoxy) is 1. The number of nitrogens with zero attached hydrogens (tertiary/aromatic N) is 2. The molecular weight excluding hydrogens is 289 g/mol. The lowest BCUT2D eigenvalue weighted by molar-refractivity contribution is 0.296. The van der Waals surface area contributed by atoms with Crippen LogP contribution in [0.5, 0.6) is 5.75 Å². The highest BCUT2D eigenvalue weighted by molar-refractivity contribution is 9.10. The normalized spacial score (nSPS) is 10.2. The molecule has 0 aliphatic carbocycles. The predicted molar refractivity (Wildman–Crippen MR) is 64.9 cm³/mol. The molecular formula is C11H9BrFN3O. The third-order valence-electron chi connectivity index (χ3n) is 2.03. The van der Waals surface area contributed by atoms with Gasteiger partial charge in [0.15, 0.2) is 5.82 Å². The van der Waals surface area contributed by atoms with Crippen LogP contribution in [0.3, 0.4) is 0 Å². The summed E-state index contributed by atoms with van der Waals surface area (Å²) in [5.41, 5.74) is 6.05. The van der Waals surface area contributed by atoms with Crippen molar-refractivity contribution in [2.45, 2.75) is 6.61 Å². The van der Waals surface area contributed by atoms with Crippen LogP contribution < -0.4 is 10.5 Å². The fraction of sp³-hybridized carbons (Fsp3) is 0.0909. The van der Waals surface area contributed by atoms with E-state index in [4.69, 9.17) is 10.5 Å². The lowest BCUT2D eigenvalue weighted by Gasteiger charge is -2.08. The summed E-state index contributed by atoms with van der Waals surface area (Å²) in [5.74, 6) is 0.358. The lowest BCUT2D eigenvalue weighted by atomic mass is 10.3. The summed E-state index contributed by atoms with van der Waals surface area (Å²) in [5, 5.41) is 0. The molecule has 0 radical (unpaired) electrons. The molecule has 0 unspecified atom stereocenters. The monoisotopic (exact) mass is 297 g/mol. The number of benzene rings is 1. The maximum Gasteiger partial charge on any atom is 0.166 e. The smallest absolute Gasteiger partial charge is 0.166 e. The Balaban J connectivity index is 2.12. The Morgan fingerprint density at radius 1 is 1.29 bits per heavy atom. The van der Waals surface area contributed by atoms with E-state index in [1.54, 1.807) is 18.5 Å². The topological polar surface area (TPSA) is 61.0 Å². The van der Waals surface area contributed by atoms with Crippen molar-refractivity contribution in [2.24, 2.45) is 0 Å². The maximum atomic E-state index is 13.3. The number of hydrogen-bond acceptors (Lipinski definition) is 4. The van der Waals surface area contributed by atoms with E-state index in [9.17, 15) is 4.39 Å². The Morgan fingerprint density at radius 2 is 2.00 bits per heavy atom. The second kappa shape index (κ2) is 5.09. The van der Waals surface area contributed by atoms with E-state index in [1.807, 2.05) is 0 Å². The number of halogens is 2. The van der Waals surface area contributed by atoms with Crippen LogP contribution in [0.15, 0.2) is 35.1 Å². The molecule has 0 spiro atoms. The molecule has 2 aromatic rings. The molecule has 0 saturated heterocycles.